The van der Waals surface area contributed by atoms with E-state index in [0.29, 0.717) is 16.6 Å². The summed E-state index contributed by atoms with van der Waals surface area (Å²) < 4.78 is 13.2. The van der Waals surface area contributed by atoms with Crippen LogP contribution in [0.25, 0.3) is 10.9 Å². The number of carbonyl (C=O) groups is 2. The molecule has 0 saturated heterocycles. The van der Waals surface area contributed by atoms with Gasteiger partial charge in [-0.2, -0.15) is 0 Å². The van der Waals surface area contributed by atoms with Crippen molar-refractivity contribution in [2.45, 2.75) is 13.8 Å². The Hall–Kier alpha value is -2.95. The van der Waals surface area contributed by atoms with Crippen molar-refractivity contribution in [3.63, 3.8) is 0 Å². The van der Waals surface area contributed by atoms with Crippen LogP contribution < -0.4 is 5.32 Å². The van der Waals surface area contributed by atoms with Gasteiger partial charge in [0.15, 0.2) is 0 Å². The number of H-pyrrole nitrogens is 1. The number of halogens is 1. The normalized spacial score (nSPS) is 10.7. The average Bonchev–Trinajstić information content (AvgIpc) is 2.93. The van der Waals surface area contributed by atoms with E-state index in [9.17, 15) is 14.0 Å². The number of hydrogen-bond donors (Lipinski definition) is 2. The number of amides is 1. The summed E-state index contributed by atoms with van der Waals surface area (Å²) in [5, 5.41) is 3.16. The molecule has 0 aliphatic rings. The van der Waals surface area contributed by atoms with Gasteiger partial charge in [0.1, 0.15) is 5.82 Å². The average molecular weight is 310 g/mol. The number of nitrogens with one attached hydrogen (secondary N) is 2. The summed E-state index contributed by atoms with van der Waals surface area (Å²) in [5.41, 5.74) is 3.25. The van der Waals surface area contributed by atoms with Crippen molar-refractivity contribution in [3.8, 4) is 0 Å². The number of fused-ring (bicyclic) bond motifs is 1. The van der Waals surface area contributed by atoms with E-state index in [1.807, 2.05) is 26.0 Å². The predicted molar refractivity (Wildman–Crippen MR) is 87.1 cm³/mol. The van der Waals surface area contributed by atoms with Crippen molar-refractivity contribution in [3.05, 3.63) is 65.1 Å². The molecule has 0 spiro atoms. The number of hydrogen-bond acceptors (Lipinski definition) is 2. The van der Waals surface area contributed by atoms with Crippen LogP contribution in [0.5, 0.6) is 0 Å². The highest BCUT2D eigenvalue weighted by atomic mass is 19.1. The minimum absolute atomic E-state index is 0.225. The first kappa shape index (κ1) is 15.0. The van der Waals surface area contributed by atoms with Gasteiger partial charge in [-0.1, -0.05) is 12.1 Å². The Morgan fingerprint density at radius 1 is 1.13 bits per heavy atom. The summed E-state index contributed by atoms with van der Waals surface area (Å²) in [6.07, 6.45) is 1.43. The van der Waals surface area contributed by atoms with Gasteiger partial charge >= 0.3 is 0 Å². The van der Waals surface area contributed by atoms with Crippen LogP contribution >= 0.6 is 0 Å². The lowest BCUT2D eigenvalue weighted by Gasteiger charge is -2.09. The first-order valence-electron chi connectivity index (χ1n) is 7.16. The molecule has 0 saturated carbocycles. The van der Waals surface area contributed by atoms with Crippen molar-refractivity contribution >= 4 is 28.3 Å². The maximum Gasteiger partial charge on any atom is 0.296 e. The number of Topliss-reactive ketones (excluding diaryl/α,β-unsaturated/α-hetero) is 1. The standard InChI is InChI=1S/C18H15FN2O2/c1-10-4-3-5-15(11(10)2)21-18(23)17(22)14-9-20-16-8-12(19)6-7-13(14)16/h3-9,20H,1-2H3,(H,21,23). The molecule has 0 bridgehead atoms. The SMILES string of the molecule is Cc1cccc(NC(=O)C(=O)c2c[nH]c3cc(F)ccc23)c1C. The second-order valence-electron chi connectivity index (χ2n) is 5.42. The van der Waals surface area contributed by atoms with Crippen LogP contribution in [0.4, 0.5) is 10.1 Å². The van der Waals surface area contributed by atoms with Gasteiger partial charge in [-0.3, -0.25) is 9.59 Å². The van der Waals surface area contributed by atoms with Gasteiger partial charge in [-0.05, 0) is 49.2 Å². The molecule has 1 heterocycles. The van der Waals surface area contributed by atoms with E-state index >= 15 is 0 Å². The minimum atomic E-state index is -0.719. The molecular formula is C18H15FN2O2. The molecule has 1 aromatic heterocycles. The first-order valence-corrected chi connectivity index (χ1v) is 7.16. The van der Waals surface area contributed by atoms with Gasteiger partial charge in [0.25, 0.3) is 11.7 Å². The van der Waals surface area contributed by atoms with E-state index in [4.69, 9.17) is 0 Å². The Morgan fingerprint density at radius 2 is 1.91 bits per heavy atom. The molecule has 0 aliphatic carbocycles. The molecule has 0 aliphatic heterocycles. The number of aromatic nitrogens is 1. The van der Waals surface area contributed by atoms with Crippen molar-refractivity contribution < 1.29 is 14.0 Å². The summed E-state index contributed by atoms with van der Waals surface area (Å²) >= 11 is 0. The first-order chi connectivity index (χ1) is 11.0. The van der Waals surface area contributed by atoms with Crippen LogP contribution in [0, 0.1) is 19.7 Å². The number of anilines is 1. The number of carbonyl (C=O) groups excluding carboxylic acids is 2. The summed E-state index contributed by atoms with van der Waals surface area (Å²) in [7, 11) is 0. The minimum Gasteiger partial charge on any atom is -0.360 e. The molecular weight excluding hydrogens is 295 g/mol. The van der Waals surface area contributed by atoms with Gasteiger partial charge in [0.2, 0.25) is 0 Å². The Bertz CT molecular complexity index is 928. The molecule has 2 aromatic carbocycles. The quantitative estimate of drug-likeness (QED) is 0.572. The Kier molecular flexibility index (Phi) is 3.70. The Morgan fingerprint density at radius 3 is 2.70 bits per heavy atom. The third-order valence-electron chi connectivity index (χ3n) is 3.95. The zero-order valence-corrected chi connectivity index (χ0v) is 12.7. The van der Waals surface area contributed by atoms with Crippen molar-refractivity contribution in [2.24, 2.45) is 0 Å². The fraction of sp³-hybridized carbons (Fsp3) is 0.111. The largest absolute Gasteiger partial charge is 0.360 e. The molecule has 0 unspecified atom stereocenters. The molecule has 3 aromatic rings. The van der Waals surface area contributed by atoms with Crippen LogP contribution in [0.2, 0.25) is 0 Å². The summed E-state index contributed by atoms with van der Waals surface area (Å²) in [5.74, 6) is -1.79. The lowest BCUT2D eigenvalue weighted by atomic mass is 10.1. The second-order valence-corrected chi connectivity index (χ2v) is 5.42. The van der Waals surface area contributed by atoms with E-state index in [1.54, 1.807) is 6.07 Å². The maximum absolute atomic E-state index is 13.2. The van der Waals surface area contributed by atoms with E-state index < -0.39 is 17.5 Å². The van der Waals surface area contributed by atoms with Crippen LogP contribution in [0.1, 0.15) is 21.5 Å². The zero-order chi connectivity index (χ0) is 16.6. The molecule has 0 atom stereocenters. The van der Waals surface area contributed by atoms with Gasteiger partial charge in [0, 0.05) is 22.8 Å². The number of rotatable bonds is 3. The number of aryl methyl sites for hydroxylation is 1. The Labute approximate surface area is 132 Å². The van der Waals surface area contributed by atoms with Crippen molar-refractivity contribution in [2.75, 3.05) is 5.32 Å². The third-order valence-corrected chi connectivity index (χ3v) is 3.95. The topological polar surface area (TPSA) is 62.0 Å². The van der Waals surface area contributed by atoms with E-state index in [2.05, 4.69) is 10.3 Å². The molecule has 0 radical (unpaired) electrons. The highest BCUT2D eigenvalue weighted by Gasteiger charge is 2.20. The van der Waals surface area contributed by atoms with Crippen LogP contribution in [-0.2, 0) is 4.79 Å². The molecule has 23 heavy (non-hydrogen) atoms. The fourth-order valence-corrected chi connectivity index (χ4v) is 2.47. The predicted octanol–water partition coefficient (Wildman–Crippen LogP) is 3.75. The fourth-order valence-electron chi connectivity index (χ4n) is 2.47. The van der Waals surface area contributed by atoms with Crippen LogP contribution in [-0.4, -0.2) is 16.7 Å². The van der Waals surface area contributed by atoms with Gasteiger partial charge in [-0.15, -0.1) is 0 Å². The molecule has 0 fully saturated rings. The number of aromatic amines is 1. The summed E-state index contributed by atoms with van der Waals surface area (Å²) in [6, 6.07) is 9.53. The van der Waals surface area contributed by atoms with Crippen molar-refractivity contribution in [1.29, 1.82) is 0 Å². The van der Waals surface area contributed by atoms with E-state index in [1.165, 1.54) is 24.4 Å². The lowest BCUT2D eigenvalue weighted by molar-refractivity contribution is -0.112. The van der Waals surface area contributed by atoms with Gasteiger partial charge in [0.05, 0.1) is 5.56 Å². The molecule has 4 nitrogen and oxygen atoms in total. The van der Waals surface area contributed by atoms with Gasteiger partial charge in [-0.25, -0.2) is 4.39 Å². The molecule has 5 heteroatoms. The highest BCUT2D eigenvalue weighted by molar-refractivity contribution is 6.48. The van der Waals surface area contributed by atoms with E-state index in [0.717, 1.165) is 11.1 Å². The maximum atomic E-state index is 13.2. The van der Waals surface area contributed by atoms with Gasteiger partial charge < -0.3 is 10.3 Å². The number of ketones is 1. The lowest BCUT2D eigenvalue weighted by Crippen LogP contribution is -2.23. The summed E-state index contributed by atoms with van der Waals surface area (Å²) in [6.45, 7) is 3.81. The summed E-state index contributed by atoms with van der Waals surface area (Å²) in [4.78, 5) is 27.4. The molecule has 1 amide bonds. The third kappa shape index (κ3) is 2.73. The smallest absolute Gasteiger partial charge is 0.296 e. The highest BCUT2D eigenvalue weighted by Crippen LogP contribution is 2.21. The van der Waals surface area contributed by atoms with Crippen LogP contribution in [0.3, 0.4) is 0 Å². The monoisotopic (exact) mass is 310 g/mol. The molecule has 2 N–H and O–H groups in total. The van der Waals surface area contributed by atoms with Crippen molar-refractivity contribution in [1.82, 2.24) is 4.98 Å². The number of benzene rings is 2. The zero-order valence-electron chi connectivity index (χ0n) is 12.7. The molecule has 116 valence electrons. The Balaban J connectivity index is 1.90. The molecule has 3 rings (SSSR count). The second kappa shape index (κ2) is 5.68. The van der Waals surface area contributed by atoms with Crippen LogP contribution in [0.15, 0.2) is 42.6 Å². The van der Waals surface area contributed by atoms with E-state index in [-0.39, 0.29) is 5.56 Å².